The summed E-state index contributed by atoms with van der Waals surface area (Å²) < 4.78 is 3.69. The highest BCUT2D eigenvalue weighted by Gasteiger charge is 2.26. The lowest BCUT2D eigenvalue weighted by Gasteiger charge is -2.29. The second kappa shape index (κ2) is 9.63. The molecular formula is C29H28ClN5O2. The van der Waals surface area contributed by atoms with E-state index >= 15 is 0 Å². The summed E-state index contributed by atoms with van der Waals surface area (Å²) in [5, 5.41) is 3.61. The Labute approximate surface area is 219 Å². The number of carbonyl (C=O) groups is 1. The van der Waals surface area contributed by atoms with Crippen molar-refractivity contribution in [2.75, 3.05) is 0 Å². The molecule has 1 N–H and O–H groups in total. The lowest BCUT2D eigenvalue weighted by Crippen LogP contribution is -2.39. The molecule has 188 valence electrons. The van der Waals surface area contributed by atoms with Crippen LogP contribution in [0.15, 0.2) is 59.7 Å². The predicted octanol–water partition coefficient (Wildman–Crippen LogP) is 5.10. The normalized spacial score (nSPS) is 18.8. The summed E-state index contributed by atoms with van der Waals surface area (Å²) in [6, 6.07) is 11.8. The maximum absolute atomic E-state index is 13.7. The van der Waals surface area contributed by atoms with Gasteiger partial charge in [0, 0.05) is 18.8 Å². The lowest BCUT2D eigenvalue weighted by atomic mass is 9.85. The molecule has 1 aromatic carbocycles. The maximum atomic E-state index is 13.7. The van der Waals surface area contributed by atoms with Gasteiger partial charge in [-0.1, -0.05) is 29.8 Å². The van der Waals surface area contributed by atoms with Crippen LogP contribution in [0.1, 0.15) is 53.0 Å². The quantitative estimate of drug-likeness (QED) is 0.402. The number of allylic oxidation sites excluding steroid dienone is 1. The smallest absolute Gasteiger partial charge is 0.333 e. The van der Waals surface area contributed by atoms with E-state index in [2.05, 4.69) is 27.4 Å². The number of fused-ring (bicyclic) bond motifs is 2. The Morgan fingerprint density at radius 1 is 1.08 bits per heavy atom. The molecule has 4 aromatic rings. The molecule has 0 unspecified atom stereocenters. The van der Waals surface area contributed by atoms with Gasteiger partial charge in [0.2, 0.25) is 0 Å². The molecule has 7 nitrogen and oxygen atoms in total. The minimum atomic E-state index is -0.131. The lowest BCUT2D eigenvalue weighted by molar-refractivity contribution is 0.0919. The van der Waals surface area contributed by atoms with Crippen molar-refractivity contribution in [1.29, 1.82) is 0 Å². The van der Waals surface area contributed by atoms with Crippen LogP contribution in [0.4, 0.5) is 0 Å². The molecule has 0 bridgehead atoms. The Bertz CT molecular complexity index is 1590. The van der Waals surface area contributed by atoms with Gasteiger partial charge in [-0.25, -0.2) is 4.79 Å². The summed E-state index contributed by atoms with van der Waals surface area (Å²) in [7, 11) is 0. The SMILES string of the molecule is Cc1ncc(Cl)cc1C(=O)NC1CCC(Cn2c(=O)n(-c3cnc4c(c3)CC=C4)c3ccccc32)CC1. The molecule has 0 saturated heterocycles. The van der Waals surface area contributed by atoms with Gasteiger partial charge in [0.25, 0.3) is 5.91 Å². The highest BCUT2D eigenvalue weighted by Crippen LogP contribution is 2.28. The van der Waals surface area contributed by atoms with Crippen LogP contribution in [0.5, 0.6) is 0 Å². The van der Waals surface area contributed by atoms with Crippen LogP contribution in [0.25, 0.3) is 22.8 Å². The number of halogens is 1. The molecule has 37 heavy (non-hydrogen) atoms. The number of hydrogen-bond acceptors (Lipinski definition) is 4. The predicted molar refractivity (Wildman–Crippen MR) is 145 cm³/mol. The van der Waals surface area contributed by atoms with E-state index < -0.39 is 0 Å². The van der Waals surface area contributed by atoms with Gasteiger partial charge in [-0.3, -0.25) is 23.9 Å². The first-order valence-corrected chi connectivity index (χ1v) is 13.1. The average Bonchev–Trinajstić information content (AvgIpc) is 3.48. The van der Waals surface area contributed by atoms with Crippen molar-refractivity contribution in [1.82, 2.24) is 24.4 Å². The first kappa shape index (κ1) is 23.7. The van der Waals surface area contributed by atoms with Gasteiger partial charge in [-0.15, -0.1) is 0 Å². The summed E-state index contributed by atoms with van der Waals surface area (Å²) in [5.74, 6) is 0.232. The third-order valence-corrected chi connectivity index (χ3v) is 7.82. The van der Waals surface area contributed by atoms with Crippen molar-refractivity contribution in [3.63, 3.8) is 0 Å². The van der Waals surface area contributed by atoms with Gasteiger partial charge in [0.05, 0.1) is 44.9 Å². The Kier molecular flexibility index (Phi) is 6.16. The van der Waals surface area contributed by atoms with E-state index in [9.17, 15) is 9.59 Å². The highest BCUT2D eigenvalue weighted by molar-refractivity contribution is 6.30. The average molecular weight is 514 g/mol. The monoisotopic (exact) mass is 513 g/mol. The van der Waals surface area contributed by atoms with E-state index in [0.29, 0.717) is 28.7 Å². The fourth-order valence-electron chi connectivity index (χ4n) is 5.62. The van der Waals surface area contributed by atoms with Gasteiger partial charge in [-0.2, -0.15) is 0 Å². The zero-order valence-electron chi connectivity index (χ0n) is 20.7. The summed E-state index contributed by atoms with van der Waals surface area (Å²) in [5.41, 5.74) is 5.91. The molecule has 6 rings (SSSR count). The maximum Gasteiger partial charge on any atom is 0.333 e. The van der Waals surface area contributed by atoms with Crippen LogP contribution >= 0.6 is 11.6 Å². The summed E-state index contributed by atoms with van der Waals surface area (Å²) in [6.45, 7) is 2.47. The number of aryl methyl sites for hydroxylation is 1. The largest absolute Gasteiger partial charge is 0.349 e. The zero-order valence-corrected chi connectivity index (χ0v) is 21.4. The fourth-order valence-corrected chi connectivity index (χ4v) is 5.78. The molecule has 1 saturated carbocycles. The van der Waals surface area contributed by atoms with Gasteiger partial charge in [0.15, 0.2) is 0 Å². The number of nitrogens with one attached hydrogen (secondary N) is 1. The van der Waals surface area contributed by atoms with Gasteiger partial charge >= 0.3 is 5.69 Å². The van der Waals surface area contributed by atoms with E-state index in [1.165, 1.54) is 0 Å². The fraction of sp³-hybridized carbons (Fsp3) is 0.310. The van der Waals surface area contributed by atoms with Crippen molar-refractivity contribution in [2.24, 2.45) is 5.92 Å². The highest BCUT2D eigenvalue weighted by atomic mass is 35.5. The molecule has 1 amide bonds. The van der Waals surface area contributed by atoms with E-state index in [1.54, 1.807) is 23.0 Å². The minimum Gasteiger partial charge on any atom is -0.349 e. The number of para-hydroxylation sites is 2. The number of carbonyl (C=O) groups excluding carboxylic acids is 1. The number of imidazole rings is 1. The van der Waals surface area contributed by atoms with Crippen molar-refractivity contribution < 1.29 is 4.79 Å². The summed E-state index contributed by atoms with van der Waals surface area (Å²) >= 11 is 6.04. The van der Waals surface area contributed by atoms with Gasteiger partial charge in [0.1, 0.15) is 0 Å². The van der Waals surface area contributed by atoms with Gasteiger partial charge < -0.3 is 5.32 Å². The standard InChI is InChI=1S/C29H28ClN5O2/c1-18-24(14-21(30)15-31-18)28(36)33-22-11-9-19(10-12-22)17-34-26-7-2-3-8-27(26)35(29(34)37)23-13-20-5-4-6-25(20)32-16-23/h2-4,6-8,13-16,19,22H,5,9-12,17H2,1H3,(H,33,36). The topological polar surface area (TPSA) is 81.8 Å². The first-order chi connectivity index (χ1) is 18.0. The molecule has 8 heteroatoms. The number of pyridine rings is 2. The molecule has 0 aliphatic heterocycles. The van der Waals surface area contributed by atoms with Crippen molar-refractivity contribution in [3.05, 3.63) is 92.9 Å². The Hall–Kier alpha value is -3.71. The van der Waals surface area contributed by atoms with E-state index in [-0.39, 0.29) is 17.6 Å². The van der Waals surface area contributed by atoms with Crippen LogP contribution in [-0.4, -0.2) is 31.1 Å². The summed E-state index contributed by atoms with van der Waals surface area (Å²) in [6.07, 6.45) is 11.9. The first-order valence-electron chi connectivity index (χ1n) is 12.8. The molecule has 3 heterocycles. The van der Waals surface area contributed by atoms with E-state index in [0.717, 1.165) is 60.1 Å². The van der Waals surface area contributed by atoms with Crippen LogP contribution in [0.3, 0.4) is 0 Å². The third kappa shape index (κ3) is 4.48. The molecular weight excluding hydrogens is 486 g/mol. The number of amides is 1. The Balaban J connectivity index is 1.19. The minimum absolute atomic E-state index is 0.0340. The third-order valence-electron chi connectivity index (χ3n) is 7.62. The Morgan fingerprint density at radius 2 is 1.86 bits per heavy atom. The van der Waals surface area contributed by atoms with E-state index in [1.807, 2.05) is 41.8 Å². The number of aromatic nitrogens is 4. The number of rotatable bonds is 5. The number of benzene rings is 1. The van der Waals surface area contributed by atoms with Crippen LogP contribution < -0.4 is 11.0 Å². The molecule has 0 spiro atoms. The zero-order chi connectivity index (χ0) is 25.5. The van der Waals surface area contributed by atoms with Crippen LogP contribution in [-0.2, 0) is 13.0 Å². The number of nitrogens with zero attached hydrogens (tertiary/aromatic N) is 4. The summed E-state index contributed by atoms with van der Waals surface area (Å²) in [4.78, 5) is 35.3. The van der Waals surface area contributed by atoms with Crippen molar-refractivity contribution in [3.8, 4) is 5.69 Å². The van der Waals surface area contributed by atoms with Crippen molar-refractivity contribution >= 4 is 34.6 Å². The second-order valence-electron chi connectivity index (χ2n) is 10.0. The van der Waals surface area contributed by atoms with Gasteiger partial charge in [-0.05, 0) is 80.9 Å². The van der Waals surface area contributed by atoms with Crippen molar-refractivity contribution in [2.45, 2.75) is 51.6 Å². The number of hydrogen-bond donors (Lipinski definition) is 1. The molecule has 1 fully saturated rings. The molecule has 0 atom stereocenters. The molecule has 2 aliphatic carbocycles. The van der Waals surface area contributed by atoms with Crippen LogP contribution in [0, 0.1) is 12.8 Å². The van der Waals surface area contributed by atoms with E-state index in [4.69, 9.17) is 11.6 Å². The second-order valence-corrected chi connectivity index (χ2v) is 10.5. The van der Waals surface area contributed by atoms with Crippen LogP contribution in [0.2, 0.25) is 5.02 Å². The molecule has 0 radical (unpaired) electrons. The molecule has 2 aliphatic rings. The molecule has 3 aromatic heterocycles. The Morgan fingerprint density at radius 3 is 2.68 bits per heavy atom.